The maximum atomic E-state index is 8.51. The number of benzene rings is 1. The molecule has 1 aromatic carbocycles. The first kappa shape index (κ1) is 10.4. The number of thiazole rings is 1. The third-order valence-corrected chi connectivity index (χ3v) is 4.18. The molecule has 2 aromatic rings. The van der Waals surface area contributed by atoms with E-state index < -0.39 is 0 Å². The SMILES string of the molecule is C/C(CSc1nc2ccccc2s1)=N/O. The number of fused-ring (bicyclic) bond motifs is 1. The highest BCUT2D eigenvalue weighted by Crippen LogP contribution is 2.29. The Morgan fingerprint density at radius 2 is 2.33 bits per heavy atom. The van der Waals surface area contributed by atoms with Crippen molar-refractivity contribution in [3.8, 4) is 0 Å². The summed E-state index contributed by atoms with van der Waals surface area (Å²) in [5, 5.41) is 11.6. The third kappa shape index (κ3) is 2.49. The molecule has 0 aliphatic carbocycles. The van der Waals surface area contributed by atoms with Crippen LogP contribution in [0.4, 0.5) is 0 Å². The van der Waals surface area contributed by atoms with Crippen molar-refractivity contribution in [3.63, 3.8) is 0 Å². The standard InChI is InChI=1S/C10H10N2OS2/c1-7(12-13)6-14-10-11-8-4-2-3-5-9(8)15-10/h2-5,13H,6H2,1H3/b12-7-. The molecule has 0 aliphatic heterocycles. The topological polar surface area (TPSA) is 45.5 Å². The molecule has 2 rings (SSSR count). The lowest BCUT2D eigenvalue weighted by Gasteiger charge is -1.93. The molecule has 0 saturated heterocycles. The molecule has 0 aliphatic rings. The highest BCUT2D eigenvalue weighted by molar-refractivity contribution is 8.01. The van der Waals surface area contributed by atoms with Crippen LogP contribution in [0.15, 0.2) is 33.8 Å². The Kier molecular flexibility index (Phi) is 3.23. The summed E-state index contributed by atoms with van der Waals surface area (Å²) in [4.78, 5) is 4.46. The number of aromatic nitrogens is 1. The van der Waals surface area contributed by atoms with E-state index in [1.807, 2.05) is 18.2 Å². The second kappa shape index (κ2) is 4.63. The van der Waals surface area contributed by atoms with Crippen LogP contribution in [0.3, 0.4) is 0 Å². The van der Waals surface area contributed by atoms with E-state index in [0.29, 0.717) is 11.5 Å². The second-order valence-electron chi connectivity index (χ2n) is 3.07. The fourth-order valence-electron chi connectivity index (χ4n) is 1.11. The summed E-state index contributed by atoms with van der Waals surface area (Å²) in [6.07, 6.45) is 0. The molecule has 0 amide bonds. The summed E-state index contributed by atoms with van der Waals surface area (Å²) in [7, 11) is 0. The van der Waals surface area contributed by atoms with Gasteiger partial charge in [0.2, 0.25) is 0 Å². The Bertz CT molecular complexity index is 460. The summed E-state index contributed by atoms with van der Waals surface area (Å²) in [5.41, 5.74) is 1.74. The molecular formula is C10H10N2OS2. The van der Waals surface area contributed by atoms with Crippen LogP contribution in [0.5, 0.6) is 0 Å². The lowest BCUT2D eigenvalue weighted by Crippen LogP contribution is -1.93. The van der Waals surface area contributed by atoms with Crippen LogP contribution in [0.1, 0.15) is 6.92 Å². The van der Waals surface area contributed by atoms with Gasteiger partial charge in [-0.25, -0.2) is 4.98 Å². The zero-order chi connectivity index (χ0) is 10.7. The normalized spacial score (nSPS) is 12.2. The summed E-state index contributed by atoms with van der Waals surface area (Å²) in [5.74, 6) is 0.677. The van der Waals surface area contributed by atoms with Gasteiger partial charge < -0.3 is 5.21 Å². The number of rotatable bonds is 3. The smallest absolute Gasteiger partial charge is 0.151 e. The number of oxime groups is 1. The fourth-order valence-corrected chi connectivity index (χ4v) is 3.04. The molecule has 1 aromatic heterocycles. The fraction of sp³-hybridized carbons (Fsp3) is 0.200. The Morgan fingerprint density at radius 1 is 1.53 bits per heavy atom. The predicted octanol–water partition coefficient (Wildman–Crippen LogP) is 3.24. The molecule has 0 radical (unpaired) electrons. The number of para-hydroxylation sites is 1. The van der Waals surface area contributed by atoms with E-state index in [4.69, 9.17) is 5.21 Å². The van der Waals surface area contributed by atoms with Crippen molar-refractivity contribution < 1.29 is 5.21 Å². The molecule has 0 fully saturated rings. The molecular weight excluding hydrogens is 228 g/mol. The van der Waals surface area contributed by atoms with Gasteiger partial charge in [-0.2, -0.15) is 0 Å². The van der Waals surface area contributed by atoms with Crippen LogP contribution >= 0.6 is 23.1 Å². The molecule has 1 N–H and O–H groups in total. The molecule has 78 valence electrons. The molecule has 0 atom stereocenters. The van der Waals surface area contributed by atoms with Gasteiger partial charge in [-0.1, -0.05) is 29.1 Å². The zero-order valence-corrected chi connectivity index (χ0v) is 9.81. The lowest BCUT2D eigenvalue weighted by atomic mass is 10.3. The minimum Gasteiger partial charge on any atom is -0.411 e. The van der Waals surface area contributed by atoms with E-state index in [-0.39, 0.29) is 0 Å². The largest absolute Gasteiger partial charge is 0.411 e. The highest BCUT2D eigenvalue weighted by atomic mass is 32.2. The van der Waals surface area contributed by atoms with Crippen LogP contribution in [-0.2, 0) is 0 Å². The Labute approximate surface area is 95.8 Å². The molecule has 15 heavy (non-hydrogen) atoms. The van der Waals surface area contributed by atoms with Crippen LogP contribution in [0.2, 0.25) is 0 Å². The first-order chi connectivity index (χ1) is 7.29. The molecule has 5 heteroatoms. The molecule has 0 spiro atoms. The van der Waals surface area contributed by atoms with E-state index in [0.717, 1.165) is 9.86 Å². The van der Waals surface area contributed by atoms with Crippen molar-refractivity contribution in [3.05, 3.63) is 24.3 Å². The first-order valence-corrected chi connectivity index (χ1v) is 6.25. The molecule has 0 bridgehead atoms. The van der Waals surface area contributed by atoms with E-state index in [1.165, 1.54) is 4.70 Å². The van der Waals surface area contributed by atoms with Gasteiger partial charge in [0.1, 0.15) is 0 Å². The monoisotopic (exact) mass is 238 g/mol. The average molecular weight is 238 g/mol. The Balaban J connectivity index is 2.15. The zero-order valence-electron chi connectivity index (χ0n) is 8.17. The Hall–Kier alpha value is -1.07. The maximum Gasteiger partial charge on any atom is 0.151 e. The van der Waals surface area contributed by atoms with Crippen molar-refractivity contribution in [2.24, 2.45) is 5.16 Å². The maximum absolute atomic E-state index is 8.51. The minimum absolute atomic E-state index is 0.677. The van der Waals surface area contributed by atoms with Crippen molar-refractivity contribution >= 4 is 39.0 Å². The third-order valence-electron chi connectivity index (χ3n) is 1.85. The van der Waals surface area contributed by atoms with E-state index in [2.05, 4.69) is 16.2 Å². The van der Waals surface area contributed by atoms with Gasteiger partial charge in [0.05, 0.1) is 15.9 Å². The van der Waals surface area contributed by atoms with Crippen LogP contribution in [-0.4, -0.2) is 21.7 Å². The number of hydrogen-bond acceptors (Lipinski definition) is 5. The van der Waals surface area contributed by atoms with E-state index >= 15 is 0 Å². The van der Waals surface area contributed by atoms with E-state index in [1.54, 1.807) is 30.0 Å². The molecule has 1 heterocycles. The van der Waals surface area contributed by atoms with Gasteiger partial charge in [-0.3, -0.25) is 0 Å². The summed E-state index contributed by atoms with van der Waals surface area (Å²) in [6, 6.07) is 8.05. The highest BCUT2D eigenvalue weighted by Gasteiger charge is 2.03. The van der Waals surface area contributed by atoms with E-state index in [9.17, 15) is 0 Å². The molecule has 3 nitrogen and oxygen atoms in total. The first-order valence-electron chi connectivity index (χ1n) is 4.45. The quantitative estimate of drug-likeness (QED) is 0.386. The van der Waals surface area contributed by atoms with Crippen LogP contribution in [0, 0.1) is 0 Å². The van der Waals surface area contributed by atoms with Gasteiger partial charge >= 0.3 is 0 Å². The van der Waals surface area contributed by atoms with Gasteiger partial charge in [0, 0.05) is 5.75 Å². The minimum atomic E-state index is 0.677. The van der Waals surface area contributed by atoms with Crippen molar-refractivity contribution in [1.82, 2.24) is 4.98 Å². The van der Waals surface area contributed by atoms with Crippen LogP contribution < -0.4 is 0 Å². The molecule has 0 saturated carbocycles. The van der Waals surface area contributed by atoms with Crippen molar-refractivity contribution in [2.45, 2.75) is 11.3 Å². The molecule has 0 unspecified atom stereocenters. The lowest BCUT2D eigenvalue weighted by molar-refractivity contribution is 0.318. The summed E-state index contributed by atoms with van der Waals surface area (Å²) in [6.45, 7) is 1.79. The van der Waals surface area contributed by atoms with Crippen molar-refractivity contribution in [1.29, 1.82) is 0 Å². The summed E-state index contributed by atoms with van der Waals surface area (Å²) < 4.78 is 2.21. The van der Waals surface area contributed by atoms with Gasteiger partial charge in [0.15, 0.2) is 4.34 Å². The second-order valence-corrected chi connectivity index (χ2v) is 5.32. The predicted molar refractivity (Wildman–Crippen MR) is 65.2 cm³/mol. The number of nitrogens with zero attached hydrogens (tertiary/aromatic N) is 2. The van der Waals surface area contributed by atoms with Gasteiger partial charge in [-0.05, 0) is 19.1 Å². The van der Waals surface area contributed by atoms with Crippen LogP contribution in [0.25, 0.3) is 10.2 Å². The number of hydrogen-bond donors (Lipinski definition) is 1. The average Bonchev–Trinajstić information content (AvgIpc) is 2.68. The Morgan fingerprint density at radius 3 is 3.07 bits per heavy atom. The van der Waals surface area contributed by atoms with Gasteiger partial charge in [-0.15, -0.1) is 11.3 Å². The van der Waals surface area contributed by atoms with Gasteiger partial charge in [0.25, 0.3) is 0 Å². The summed E-state index contributed by atoms with van der Waals surface area (Å²) >= 11 is 3.26. The number of thioether (sulfide) groups is 1. The van der Waals surface area contributed by atoms with Crippen molar-refractivity contribution in [2.75, 3.05) is 5.75 Å².